The van der Waals surface area contributed by atoms with Crippen LogP contribution in [0.1, 0.15) is 35.3 Å². The van der Waals surface area contributed by atoms with E-state index in [0.717, 1.165) is 11.3 Å². The summed E-state index contributed by atoms with van der Waals surface area (Å²) in [6.45, 7) is 6.82. The molecule has 1 aliphatic carbocycles. The molecule has 2 N–H and O–H groups in total. The Morgan fingerprint density at radius 2 is 1.95 bits per heavy atom. The topological polar surface area (TPSA) is 92.7 Å². The molecule has 6 nitrogen and oxygen atoms in total. The Labute approximate surface area is 133 Å². The summed E-state index contributed by atoms with van der Waals surface area (Å²) in [5.74, 6) is -0.593. The molecule has 1 unspecified atom stereocenters. The minimum absolute atomic E-state index is 0.0459. The maximum absolute atomic E-state index is 12.7. The van der Waals surface area contributed by atoms with Crippen molar-refractivity contribution in [3.63, 3.8) is 0 Å². The van der Waals surface area contributed by atoms with Crippen molar-refractivity contribution in [2.24, 2.45) is 11.8 Å². The minimum atomic E-state index is -3.72. The van der Waals surface area contributed by atoms with Crippen molar-refractivity contribution in [3.8, 4) is 0 Å². The number of nitrogens with one attached hydrogen (secondary N) is 1. The molecular weight excluding hydrogens is 326 g/mol. The first-order chi connectivity index (χ1) is 10.1. The Hall–Kier alpha value is -0.960. The van der Waals surface area contributed by atoms with Gasteiger partial charge in [-0.2, -0.15) is 0 Å². The number of ether oxygens (including phenoxy) is 1. The highest BCUT2D eigenvalue weighted by atomic mass is 32.2. The summed E-state index contributed by atoms with van der Waals surface area (Å²) in [7, 11) is -3.72. The van der Waals surface area contributed by atoms with Crippen LogP contribution in [0.3, 0.4) is 0 Å². The zero-order valence-corrected chi connectivity index (χ0v) is 14.3. The average Bonchev–Trinajstić information content (AvgIpc) is 2.88. The van der Waals surface area contributed by atoms with Crippen LogP contribution in [0.2, 0.25) is 0 Å². The highest BCUT2D eigenvalue weighted by Crippen LogP contribution is 2.45. The van der Waals surface area contributed by atoms with Gasteiger partial charge in [-0.25, -0.2) is 17.9 Å². The Morgan fingerprint density at radius 3 is 2.45 bits per heavy atom. The van der Waals surface area contributed by atoms with E-state index in [1.165, 1.54) is 6.07 Å². The fourth-order valence-electron chi connectivity index (χ4n) is 2.86. The molecule has 0 aromatic carbocycles. The fourth-order valence-corrected chi connectivity index (χ4v) is 6.00. The SMILES string of the molecule is CC(C)(C)c1sc(C(=O)O)cc1S(=O)(=O)NC1[C@H]2COC[C@@H]12. The first kappa shape index (κ1) is 15.9. The summed E-state index contributed by atoms with van der Waals surface area (Å²) in [4.78, 5) is 11.9. The van der Waals surface area contributed by atoms with E-state index in [1.54, 1.807) is 0 Å². The van der Waals surface area contributed by atoms with Gasteiger partial charge in [0.1, 0.15) is 4.88 Å². The standard InChI is InChI=1S/C14H19NO5S2/c1-14(2,3)12-10(4-9(21-12)13(16)17)22(18,19)15-11-7-5-20-6-8(7)11/h4,7-8,11,15H,5-6H2,1-3H3,(H,16,17)/t7-,8+,11?. The van der Waals surface area contributed by atoms with Gasteiger partial charge in [0.2, 0.25) is 10.0 Å². The van der Waals surface area contributed by atoms with Crippen molar-refractivity contribution in [2.45, 2.75) is 37.1 Å². The molecule has 0 radical (unpaired) electrons. The molecule has 8 heteroatoms. The van der Waals surface area contributed by atoms with Gasteiger partial charge in [0.25, 0.3) is 0 Å². The summed E-state index contributed by atoms with van der Waals surface area (Å²) in [6, 6.07) is 1.18. The second-order valence-corrected chi connectivity index (χ2v) is 9.61. The lowest BCUT2D eigenvalue weighted by Gasteiger charge is -2.19. The number of hydrogen-bond acceptors (Lipinski definition) is 5. The molecule has 22 heavy (non-hydrogen) atoms. The van der Waals surface area contributed by atoms with E-state index in [9.17, 15) is 13.2 Å². The van der Waals surface area contributed by atoms with Gasteiger partial charge in [0.15, 0.2) is 0 Å². The second-order valence-electron chi connectivity index (χ2n) is 6.87. The molecule has 0 bridgehead atoms. The number of thiophene rings is 1. The third-order valence-corrected chi connectivity index (χ3v) is 7.28. The van der Waals surface area contributed by atoms with E-state index in [1.807, 2.05) is 20.8 Å². The van der Waals surface area contributed by atoms with E-state index in [2.05, 4.69) is 4.72 Å². The minimum Gasteiger partial charge on any atom is -0.477 e. The van der Waals surface area contributed by atoms with Crippen LogP contribution in [0, 0.1) is 11.8 Å². The highest BCUT2D eigenvalue weighted by molar-refractivity contribution is 7.89. The van der Waals surface area contributed by atoms with E-state index >= 15 is 0 Å². The number of carboxylic acids is 1. The number of hydrogen-bond donors (Lipinski definition) is 2. The average molecular weight is 345 g/mol. The largest absolute Gasteiger partial charge is 0.477 e. The first-order valence-electron chi connectivity index (χ1n) is 7.09. The Morgan fingerprint density at radius 1 is 1.36 bits per heavy atom. The van der Waals surface area contributed by atoms with Crippen molar-refractivity contribution < 1.29 is 23.1 Å². The number of rotatable bonds is 4. The molecule has 2 heterocycles. The van der Waals surface area contributed by atoms with Gasteiger partial charge in [0, 0.05) is 22.8 Å². The van der Waals surface area contributed by atoms with Gasteiger partial charge < -0.3 is 9.84 Å². The predicted octanol–water partition coefficient (Wildman–Crippen LogP) is 1.67. The van der Waals surface area contributed by atoms with Crippen LogP contribution in [0.25, 0.3) is 0 Å². The first-order valence-corrected chi connectivity index (χ1v) is 9.39. The van der Waals surface area contributed by atoms with Gasteiger partial charge in [-0.1, -0.05) is 20.8 Å². The lowest BCUT2D eigenvalue weighted by atomic mass is 9.95. The van der Waals surface area contributed by atoms with Crippen molar-refractivity contribution in [1.82, 2.24) is 4.72 Å². The van der Waals surface area contributed by atoms with Crippen molar-refractivity contribution in [1.29, 1.82) is 0 Å². The number of sulfonamides is 1. The molecule has 1 aromatic rings. The van der Waals surface area contributed by atoms with E-state index in [4.69, 9.17) is 9.84 Å². The van der Waals surface area contributed by atoms with Crippen molar-refractivity contribution >= 4 is 27.3 Å². The normalized spacial score (nSPS) is 27.7. The molecule has 0 amide bonds. The summed E-state index contributed by atoms with van der Waals surface area (Å²) < 4.78 is 33.3. The third-order valence-electron chi connectivity index (χ3n) is 4.12. The Bertz CT molecular complexity index is 706. The van der Waals surface area contributed by atoms with Crippen molar-refractivity contribution in [3.05, 3.63) is 15.8 Å². The van der Waals surface area contributed by atoms with Gasteiger partial charge in [0.05, 0.1) is 18.1 Å². The Balaban J connectivity index is 1.93. The molecule has 2 fully saturated rings. The summed E-state index contributed by atoms with van der Waals surface area (Å²) >= 11 is 1.03. The monoisotopic (exact) mass is 345 g/mol. The molecule has 1 aliphatic heterocycles. The van der Waals surface area contributed by atoms with Crippen LogP contribution >= 0.6 is 11.3 Å². The van der Waals surface area contributed by atoms with Gasteiger partial charge >= 0.3 is 5.97 Å². The lowest BCUT2D eigenvalue weighted by molar-refractivity contribution is 0.0702. The van der Waals surface area contributed by atoms with Crippen LogP contribution < -0.4 is 4.72 Å². The smallest absolute Gasteiger partial charge is 0.345 e. The zero-order chi connectivity index (χ0) is 16.3. The van der Waals surface area contributed by atoms with Crippen LogP contribution in [-0.4, -0.2) is 38.7 Å². The van der Waals surface area contributed by atoms with E-state index < -0.39 is 21.4 Å². The third kappa shape index (κ3) is 2.68. The Kier molecular flexibility index (Phi) is 3.63. The summed E-state index contributed by atoms with van der Waals surface area (Å²) in [5.41, 5.74) is -0.440. The number of carboxylic acid groups (broad SMARTS) is 1. The van der Waals surface area contributed by atoms with Crippen molar-refractivity contribution in [2.75, 3.05) is 13.2 Å². The van der Waals surface area contributed by atoms with E-state index in [0.29, 0.717) is 18.1 Å². The molecule has 1 aromatic heterocycles. The second kappa shape index (κ2) is 5.02. The van der Waals surface area contributed by atoms with Crippen LogP contribution in [0.5, 0.6) is 0 Å². The molecular formula is C14H19NO5S2. The van der Waals surface area contributed by atoms with Gasteiger partial charge in [-0.05, 0) is 11.5 Å². The fraction of sp³-hybridized carbons (Fsp3) is 0.643. The highest BCUT2D eigenvalue weighted by Gasteiger charge is 2.55. The zero-order valence-electron chi connectivity index (χ0n) is 12.6. The number of aromatic carboxylic acids is 1. The van der Waals surface area contributed by atoms with Crippen LogP contribution in [0.15, 0.2) is 11.0 Å². The molecule has 2 aliphatic rings. The van der Waals surface area contributed by atoms with Gasteiger partial charge in [-0.15, -0.1) is 11.3 Å². The number of fused-ring (bicyclic) bond motifs is 1. The molecule has 1 saturated carbocycles. The molecule has 3 atom stereocenters. The van der Waals surface area contributed by atoms with Crippen LogP contribution in [-0.2, 0) is 20.2 Å². The lowest BCUT2D eigenvalue weighted by Crippen LogP contribution is -2.31. The van der Waals surface area contributed by atoms with Crippen LogP contribution in [0.4, 0.5) is 0 Å². The maximum Gasteiger partial charge on any atom is 0.345 e. The molecule has 0 spiro atoms. The number of carbonyl (C=O) groups is 1. The van der Waals surface area contributed by atoms with E-state index in [-0.39, 0.29) is 27.7 Å². The molecule has 1 saturated heterocycles. The molecule has 3 rings (SSSR count). The summed E-state index contributed by atoms with van der Waals surface area (Å²) in [5, 5.41) is 9.16. The quantitative estimate of drug-likeness (QED) is 0.866. The molecule has 122 valence electrons. The van der Waals surface area contributed by atoms with Gasteiger partial charge in [-0.3, -0.25) is 0 Å². The predicted molar refractivity (Wildman–Crippen MR) is 81.9 cm³/mol. The summed E-state index contributed by atoms with van der Waals surface area (Å²) in [6.07, 6.45) is 0. The maximum atomic E-state index is 12.7.